The lowest BCUT2D eigenvalue weighted by Gasteiger charge is -2.22. The van der Waals surface area contributed by atoms with E-state index in [9.17, 15) is 4.79 Å². The Morgan fingerprint density at radius 3 is 1.57 bits per heavy atom. The van der Waals surface area contributed by atoms with E-state index in [1.54, 1.807) is 19.1 Å². The van der Waals surface area contributed by atoms with E-state index >= 15 is 0 Å². The van der Waals surface area contributed by atoms with E-state index < -0.39 is 0 Å². The number of rotatable bonds is 5. The first-order valence-electron chi connectivity index (χ1n) is 6.44. The van der Waals surface area contributed by atoms with Crippen molar-refractivity contribution in [3.8, 4) is 11.5 Å². The molecule has 0 N–H and O–H groups in total. The van der Waals surface area contributed by atoms with E-state index in [-0.39, 0.29) is 5.91 Å². The van der Waals surface area contributed by atoms with Gasteiger partial charge < -0.3 is 9.47 Å². The minimum atomic E-state index is -0.203. The van der Waals surface area contributed by atoms with E-state index in [0.29, 0.717) is 0 Å². The summed E-state index contributed by atoms with van der Waals surface area (Å²) in [5.74, 6) is 1.27. The van der Waals surface area contributed by atoms with Crippen molar-refractivity contribution in [3.63, 3.8) is 0 Å². The Bertz CT molecular complexity index is 570. The molecule has 0 saturated heterocycles. The maximum atomic E-state index is 12.2. The zero-order valence-electron chi connectivity index (χ0n) is 12.1. The number of methoxy groups -OCH3 is 2. The lowest BCUT2D eigenvalue weighted by atomic mass is 10.2. The highest BCUT2D eigenvalue weighted by Gasteiger charge is 2.15. The summed E-state index contributed by atoms with van der Waals surface area (Å²) in [5.41, 5.74) is 1.48. The van der Waals surface area contributed by atoms with Crippen LogP contribution in [-0.4, -0.2) is 20.1 Å². The first-order chi connectivity index (χ1) is 10.2. The van der Waals surface area contributed by atoms with Crippen molar-refractivity contribution in [2.24, 2.45) is 0 Å². The van der Waals surface area contributed by atoms with E-state index in [4.69, 9.17) is 9.47 Å². The molecule has 0 aromatic heterocycles. The van der Waals surface area contributed by atoms with Gasteiger partial charge in [-0.2, -0.15) is 0 Å². The van der Waals surface area contributed by atoms with Crippen LogP contribution in [0.3, 0.4) is 0 Å². The molecule has 0 saturated carbocycles. The summed E-state index contributed by atoms with van der Waals surface area (Å²) in [5, 5.41) is 0. The van der Waals surface area contributed by atoms with Gasteiger partial charge in [0.1, 0.15) is 11.5 Å². The summed E-state index contributed by atoms with van der Waals surface area (Å²) in [4.78, 5) is 13.7. The summed E-state index contributed by atoms with van der Waals surface area (Å²) in [6.45, 7) is 3.56. The highest BCUT2D eigenvalue weighted by atomic mass is 16.5. The van der Waals surface area contributed by atoms with E-state index in [2.05, 4.69) is 6.58 Å². The summed E-state index contributed by atoms with van der Waals surface area (Å²) < 4.78 is 10.3. The molecule has 2 rings (SSSR count). The lowest BCUT2D eigenvalue weighted by molar-refractivity contribution is -0.113. The van der Waals surface area contributed by atoms with Gasteiger partial charge >= 0.3 is 0 Å². The smallest absolute Gasteiger partial charge is 0.254 e. The Kier molecular flexibility index (Phi) is 4.61. The zero-order valence-corrected chi connectivity index (χ0v) is 12.1. The van der Waals surface area contributed by atoms with Crippen molar-refractivity contribution in [2.45, 2.75) is 0 Å². The van der Waals surface area contributed by atoms with Crippen LogP contribution in [0.1, 0.15) is 0 Å². The van der Waals surface area contributed by atoms with Gasteiger partial charge in [0.2, 0.25) is 0 Å². The van der Waals surface area contributed by atoms with E-state index in [1.807, 2.05) is 48.5 Å². The van der Waals surface area contributed by atoms with E-state index in [0.717, 1.165) is 22.9 Å². The van der Waals surface area contributed by atoms with Crippen molar-refractivity contribution < 1.29 is 14.3 Å². The van der Waals surface area contributed by atoms with Gasteiger partial charge in [0.25, 0.3) is 5.91 Å². The van der Waals surface area contributed by atoms with Crippen LogP contribution in [0.2, 0.25) is 0 Å². The average molecular weight is 283 g/mol. The van der Waals surface area contributed by atoms with Gasteiger partial charge in [-0.25, -0.2) is 0 Å². The maximum Gasteiger partial charge on any atom is 0.254 e. The number of nitrogens with zero attached hydrogens (tertiary/aromatic N) is 1. The largest absolute Gasteiger partial charge is 0.497 e. The number of ether oxygens (including phenoxy) is 2. The second-order valence-electron chi connectivity index (χ2n) is 4.27. The van der Waals surface area contributed by atoms with E-state index in [1.165, 1.54) is 6.08 Å². The van der Waals surface area contributed by atoms with Gasteiger partial charge in [-0.15, -0.1) is 0 Å². The third-order valence-corrected chi connectivity index (χ3v) is 3.06. The number of amides is 1. The fraction of sp³-hybridized carbons (Fsp3) is 0.118. The topological polar surface area (TPSA) is 38.8 Å². The first-order valence-corrected chi connectivity index (χ1v) is 6.44. The fourth-order valence-corrected chi connectivity index (χ4v) is 1.96. The summed E-state index contributed by atoms with van der Waals surface area (Å²) in [7, 11) is 3.20. The van der Waals surface area contributed by atoms with Crippen molar-refractivity contribution in [1.29, 1.82) is 0 Å². The Morgan fingerprint density at radius 2 is 1.29 bits per heavy atom. The van der Waals surface area contributed by atoms with Gasteiger partial charge in [-0.3, -0.25) is 9.69 Å². The molecule has 0 fully saturated rings. The summed E-state index contributed by atoms with van der Waals surface area (Å²) >= 11 is 0. The Morgan fingerprint density at radius 1 is 0.905 bits per heavy atom. The lowest BCUT2D eigenvalue weighted by Crippen LogP contribution is -2.23. The number of hydrogen-bond donors (Lipinski definition) is 0. The molecule has 0 radical (unpaired) electrons. The third kappa shape index (κ3) is 3.23. The molecule has 108 valence electrons. The normalized spacial score (nSPS) is 9.81. The zero-order chi connectivity index (χ0) is 15.2. The van der Waals surface area contributed by atoms with Gasteiger partial charge in [-0.1, -0.05) is 6.58 Å². The molecular formula is C17H17NO3. The van der Waals surface area contributed by atoms with Crippen LogP contribution < -0.4 is 14.4 Å². The van der Waals surface area contributed by atoms with Crippen molar-refractivity contribution in [1.82, 2.24) is 0 Å². The molecule has 21 heavy (non-hydrogen) atoms. The molecule has 0 heterocycles. The minimum absolute atomic E-state index is 0.203. The summed E-state index contributed by atoms with van der Waals surface area (Å²) in [6, 6.07) is 14.5. The second kappa shape index (κ2) is 6.61. The van der Waals surface area contributed by atoms with Crippen molar-refractivity contribution >= 4 is 17.3 Å². The predicted molar refractivity (Wildman–Crippen MR) is 83.3 cm³/mol. The highest BCUT2D eigenvalue weighted by Crippen LogP contribution is 2.29. The van der Waals surface area contributed by atoms with Crippen LogP contribution in [0.5, 0.6) is 11.5 Å². The highest BCUT2D eigenvalue weighted by molar-refractivity contribution is 6.06. The second-order valence-corrected chi connectivity index (χ2v) is 4.27. The predicted octanol–water partition coefficient (Wildman–Crippen LogP) is 3.55. The molecule has 0 aliphatic carbocycles. The molecule has 0 aliphatic heterocycles. The SMILES string of the molecule is C=CC(=O)N(c1ccc(OC)cc1)c1ccc(OC)cc1. The Balaban J connectivity index is 2.41. The maximum absolute atomic E-state index is 12.2. The number of anilines is 2. The average Bonchev–Trinajstić information content (AvgIpc) is 2.56. The number of benzene rings is 2. The Hall–Kier alpha value is -2.75. The molecule has 0 atom stereocenters. The van der Waals surface area contributed by atoms with Crippen LogP contribution in [0, 0.1) is 0 Å². The molecule has 0 spiro atoms. The molecule has 4 nitrogen and oxygen atoms in total. The standard InChI is InChI=1S/C17H17NO3/c1-4-17(19)18(13-5-9-15(20-2)10-6-13)14-7-11-16(21-3)12-8-14/h4-12H,1H2,2-3H3. The number of carbonyl (C=O) groups is 1. The number of hydrogen-bond acceptors (Lipinski definition) is 3. The molecule has 1 amide bonds. The van der Waals surface area contributed by atoms with Crippen LogP contribution in [0.15, 0.2) is 61.2 Å². The van der Waals surface area contributed by atoms with Gasteiger partial charge in [-0.05, 0) is 54.6 Å². The van der Waals surface area contributed by atoms with Crippen LogP contribution in [0.25, 0.3) is 0 Å². The summed E-state index contributed by atoms with van der Waals surface area (Å²) in [6.07, 6.45) is 1.29. The molecule has 4 heteroatoms. The quantitative estimate of drug-likeness (QED) is 0.788. The molecule has 0 unspecified atom stereocenters. The number of carbonyl (C=O) groups excluding carboxylic acids is 1. The molecule has 2 aromatic carbocycles. The van der Waals surface area contributed by atoms with Gasteiger partial charge in [0, 0.05) is 11.4 Å². The Labute approximate surface area is 124 Å². The van der Waals surface area contributed by atoms with Crippen molar-refractivity contribution in [2.75, 3.05) is 19.1 Å². The van der Waals surface area contributed by atoms with Crippen molar-refractivity contribution in [3.05, 3.63) is 61.2 Å². The van der Waals surface area contributed by atoms with Crippen LogP contribution in [-0.2, 0) is 4.79 Å². The molecule has 2 aromatic rings. The van der Waals surface area contributed by atoms with Gasteiger partial charge in [0.15, 0.2) is 0 Å². The minimum Gasteiger partial charge on any atom is -0.497 e. The van der Waals surface area contributed by atoms with Gasteiger partial charge in [0.05, 0.1) is 14.2 Å². The van der Waals surface area contributed by atoms with Crippen LogP contribution >= 0.6 is 0 Å². The van der Waals surface area contributed by atoms with Crippen LogP contribution in [0.4, 0.5) is 11.4 Å². The molecule has 0 aliphatic rings. The first kappa shape index (κ1) is 14.7. The molecule has 0 bridgehead atoms. The monoisotopic (exact) mass is 283 g/mol. The fourth-order valence-electron chi connectivity index (χ4n) is 1.96. The molecular weight excluding hydrogens is 266 g/mol. The third-order valence-electron chi connectivity index (χ3n) is 3.06.